The molecular weight excluding hydrogens is 364 g/mol. The fraction of sp³-hybridized carbons (Fsp3) is 0.238. The lowest BCUT2D eigenvalue weighted by atomic mass is 10.0. The first kappa shape index (κ1) is 17.9. The highest BCUT2D eigenvalue weighted by Crippen LogP contribution is 2.34. The molecule has 1 aliphatic heterocycles. The first-order chi connectivity index (χ1) is 13.6. The number of carbonyl (C=O) groups is 1. The SMILES string of the molecule is COC(=O)[C@@H](C)Oc1ccc2c(=O)c(-c3ccc4c(c3)OCCO4)coc2c1. The van der Waals surface area contributed by atoms with Crippen LogP contribution in [0.2, 0.25) is 0 Å². The molecule has 0 N–H and O–H groups in total. The molecular formula is C21H18O7. The van der Waals surface area contributed by atoms with Crippen molar-refractivity contribution in [3.63, 3.8) is 0 Å². The topological polar surface area (TPSA) is 84.2 Å². The zero-order valence-electron chi connectivity index (χ0n) is 15.4. The van der Waals surface area contributed by atoms with Gasteiger partial charge in [0.25, 0.3) is 0 Å². The summed E-state index contributed by atoms with van der Waals surface area (Å²) in [5.74, 6) is 1.17. The fourth-order valence-electron chi connectivity index (χ4n) is 3.01. The summed E-state index contributed by atoms with van der Waals surface area (Å²) in [5, 5.41) is 0.408. The minimum Gasteiger partial charge on any atom is -0.486 e. The fourth-order valence-corrected chi connectivity index (χ4v) is 3.01. The van der Waals surface area contributed by atoms with Gasteiger partial charge in [-0.3, -0.25) is 4.79 Å². The van der Waals surface area contributed by atoms with E-state index in [0.29, 0.717) is 52.6 Å². The number of ether oxygens (including phenoxy) is 4. The summed E-state index contributed by atoms with van der Waals surface area (Å²) in [4.78, 5) is 24.4. The third kappa shape index (κ3) is 3.26. The van der Waals surface area contributed by atoms with Crippen LogP contribution in [0.3, 0.4) is 0 Å². The van der Waals surface area contributed by atoms with Crippen molar-refractivity contribution in [1.29, 1.82) is 0 Å². The molecule has 2 aromatic carbocycles. The summed E-state index contributed by atoms with van der Waals surface area (Å²) >= 11 is 0. The summed E-state index contributed by atoms with van der Waals surface area (Å²) in [7, 11) is 1.29. The Kier molecular flexibility index (Phi) is 4.65. The average molecular weight is 382 g/mol. The van der Waals surface area contributed by atoms with Gasteiger partial charge in [-0.25, -0.2) is 4.79 Å². The number of fused-ring (bicyclic) bond motifs is 2. The smallest absolute Gasteiger partial charge is 0.346 e. The average Bonchev–Trinajstić information content (AvgIpc) is 2.73. The number of esters is 1. The Morgan fingerprint density at radius 3 is 2.64 bits per heavy atom. The van der Waals surface area contributed by atoms with Crippen LogP contribution in [0.1, 0.15) is 6.92 Å². The van der Waals surface area contributed by atoms with Crippen LogP contribution in [-0.4, -0.2) is 32.4 Å². The highest BCUT2D eigenvalue weighted by Gasteiger charge is 2.17. The van der Waals surface area contributed by atoms with Gasteiger partial charge in [0.2, 0.25) is 0 Å². The molecule has 0 saturated carbocycles. The predicted molar refractivity (Wildman–Crippen MR) is 101 cm³/mol. The summed E-state index contributed by atoms with van der Waals surface area (Å²) in [5.41, 5.74) is 1.28. The van der Waals surface area contributed by atoms with Crippen molar-refractivity contribution in [3.8, 4) is 28.4 Å². The maximum atomic E-state index is 12.9. The number of methoxy groups -OCH3 is 1. The molecule has 0 unspecified atom stereocenters. The van der Waals surface area contributed by atoms with E-state index in [0.717, 1.165) is 0 Å². The lowest BCUT2D eigenvalue weighted by Crippen LogP contribution is -2.24. The molecule has 0 fully saturated rings. The molecule has 0 amide bonds. The maximum Gasteiger partial charge on any atom is 0.346 e. The third-order valence-corrected chi connectivity index (χ3v) is 4.45. The van der Waals surface area contributed by atoms with Crippen molar-refractivity contribution >= 4 is 16.9 Å². The zero-order valence-corrected chi connectivity index (χ0v) is 15.4. The van der Waals surface area contributed by atoms with Crippen LogP contribution >= 0.6 is 0 Å². The molecule has 7 nitrogen and oxygen atoms in total. The van der Waals surface area contributed by atoms with E-state index in [9.17, 15) is 9.59 Å². The Labute approximate surface area is 160 Å². The van der Waals surface area contributed by atoms with Crippen LogP contribution in [0.25, 0.3) is 22.1 Å². The molecule has 1 atom stereocenters. The van der Waals surface area contributed by atoms with E-state index in [1.807, 2.05) is 0 Å². The van der Waals surface area contributed by atoms with Gasteiger partial charge < -0.3 is 23.4 Å². The highest BCUT2D eigenvalue weighted by molar-refractivity contribution is 5.83. The van der Waals surface area contributed by atoms with E-state index in [4.69, 9.17) is 18.6 Å². The summed E-state index contributed by atoms with van der Waals surface area (Å²) in [6, 6.07) is 10.1. The summed E-state index contributed by atoms with van der Waals surface area (Å²) in [6.07, 6.45) is 0.634. The molecule has 0 saturated heterocycles. The molecule has 0 spiro atoms. The Hall–Kier alpha value is -3.48. The van der Waals surface area contributed by atoms with Crippen LogP contribution in [0.5, 0.6) is 17.2 Å². The van der Waals surface area contributed by atoms with Gasteiger partial charge in [0.1, 0.15) is 30.8 Å². The molecule has 4 rings (SSSR count). The Morgan fingerprint density at radius 2 is 1.86 bits per heavy atom. The standard InChI is InChI=1S/C21H18O7/c1-12(21(23)24-2)28-14-4-5-15-18(10-14)27-11-16(20(15)22)13-3-6-17-19(9-13)26-8-7-25-17/h3-6,9-12H,7-8H2,1-2H3/t12-/m1/s1. The van der Waals surface area contributed by atoms with Gasteiger partial charge in [-0.05, 0) is 36.8 Å². The van der Waals surface area contributed by atoms with E-state index in [1.54, 1.807) is 43.3 Å². The van der Waals surface area contributed by atoms with Crippen molar-refractivity contribution in [2.24, 2.45) is 0 Å². The third-order valence-electron chi connectivity index (χ3n) is 4.45. The Bertz CT molecular complexity index is 1100. The second-order valence-corrected chi connectivity index (χ2v) is 6.28. The van der Waals surface area contributed by atoms with Gasteiger partial charge in [-0.1, -0.05) is 6.07 Å². The second kappa shape index (κ2) is 7.26. The normalized spacial score (nSPS) is 13.8. The van der Waals surface area contributed by atoms with Crippen molar-refractivity contribution in [1.82, 2.24) is 0 Å². The second-order valence-electron chi connectivity index (χ2n) is 6.28. The van der Waals surface area contributed by atoms with Crippen LogP contribution in [0.4, 0.5) is 0 Å². The molecule has 7 heteroatoms. The largest absolute Gasteiger partial charge is 0.486 e. The van der Waals surface area contributed by atoms with Crippen LogP contribution in [0, 0.1) is 0 Å². The minimum atomic E-state index is -0.772. The number of rotatable bonds is 4. The van der Waals surface area contributed by atoms with Gasteiger partial charge in [0, 0.05) is 6.07 Å². The number of hydrogen-bond donors (Lipinski definition) is 0. The lowest BCUT2D eigenvalue weighted by molar-refractivity contribution is -0.147. The van der Waals surface area contributed by atoms with Crippen molar-refractivity contribution < 1.29 is 28.2 Å². The lowest BCUT2D eigenvalue weighted by Gasteiger charge is -2.18. The quantitative estimate of drug-likeness (QED) is 0.641. The summed E-state index contributed by atoms with van der Waals surface area (Å²) < 4.78 is 26.9. The van der Waals surface area contributed by atoms with Crippen LogP contribution in [-0.2, 0) is 9.53 Å². The summed E-state index contributed by atoms with van der Waals surface area (Å²) in [6.45, 7) is 2.55. The Balaban J connectivity index is 1.69. The molecule has 1 aromatic heterocycles. The van der Waals surface area contributed by atoms with Crippen molar-refractivity contribution in [3.05, 3.63) is 52.9 Å². The molecule has 144 valence electrons. The van der Waals surface area contributed by atoms with Gasteiger partial charge in [-0.15, -0.1) is 0 Å². The minimum absolute atomic E-state index is 0.175. The van der Waals surface area contributed by atoms with E-state index < -0.39 is 12.1 Å². The van der Waals surface area contributed by atoms with Gasteiger partial charge in [-0.2, -0.15) is 0 Å². The molecule has 0 radical (unpaired) electrons. The van der Waals surface area contributed by atoms with E-state index >= 15 is 0 Å². The van der Waals surface area contributed by atoms with Crippen molar-refractivity contribution in [2.45, 2.75) is 13.0 Å². The first-order valence-electron chi connectivity index (χ1n) is 8.77. The van der Waals surface area contributed by atoms with Crippen molar-refractivity contribution in [2.75, 3.05) is 20.3 Å². The first-order valence-corrected chi connectivity index (χ1v) is 8.77. The van der Waals surface area contributed by atoms with Gasteiger partial charge in [0.15, 0.2) is 23.0 Å². The molecule has 1 aliphatic rings. The van der Waals surface area contributed by atoms with E-state index in [-0.39, 0.29) is 5.43 Å². The van der Waals surface area contributed by atoms with E-state index in [2.05, 4.69) is 4.74 Å². The molecule has 2 heterocycles. The molecule has 28 heavy (non-hydrogen) atoms. The number of carbonyl (C=O) groups excluding carboxylic acids is 1. The molecule has 0 aliphatic carbocycles. The van der Waals surface area contributed by atoms with Gasteiger partial charge >= 0.3 is 5.97 Å². The van der Waals surface area contributed by atoms with Crippen LogP contribution in [0.15, 0.2) is 51.9 Å². The number of benzene rings is 2. The van der Waals surface area contributed by atoms with Gasteiger partial charge in [0.05, 0.1) is 18.1 Å². The maximum absolute atomic E-state index is 12.9. The molecule has 3 aromatic rings. The number of hydrogen-bond acceptors (Lipinski definition) is 7. The monoisotopic (exact) mass is 382 g/mol. The molecule has 0 bridgehead atoms. The Morgan fingerprint density at radius 1 is 1.07 bits per heavy atom. The zero-order chi connectivity index (χ0) is 19.7. The van der Waals surface area contributed by atoms with E-state index in [1.165, 1.54) is 13.4 Å². The highest BCUT2D eigenvalue weighted by atomic mass is 16.6. The predicted octanol–water partition coefficient (Wildman–Crippen LogP) is 3.17. The van der Waals surface area contributed by atoms with Crippen LogP contribution < -0.4 is 19.6 Å².